The first-order chi connectivity index (χ1) is 11.9. The molecule has 0 aliphatic heterocycles. The lowest BCUT2D eigenvalue weighted by Gasteiger charge is -2.04. The second-order valence-corrected chi connectivity index (χ2v) is 7.63. The van der Waals surface area contributed by atoms with Crippen LogP contribution in [0.4, 0.5) is 0 Å². The zero-order valence-electron chi connectivity index (χ0n) is 15.8. The van der Waals surface area contributed by atoms with Crippen LogP contribution in [0.2, 0.25) is 0 Å². The topological polar surface area (TPSA) is 37.3 Å². The van der Waals surface area contributed by atoms with Crippen molar-refractivity contribution in [3.05, 3.63) is 64.8 Å². The summed E-state index contributed by atoms with van der Waals surface area (Å²) in [6.45, 7) is 8.63. The molecule has 0 spiro atoms. The molecule has 0 fully saturated rings. The van der Waals surface area contributed by atoms with Gasteiger partial charge in [0.1, 0.15) is 0 Å². The van der Waals surface area contributed by atoms with E-state index in [-0.39, 0.29) is 0 Å². The minimum Gasteiger partial charge on any atom is -0.478 e. The first-order valence-electron chi connectivity index (χ1n) is 8.80. The average Bonchev–Trinajstić information content (AvgIpc) is 2.54. The quantitative estimate of drug-likeness (QED) is 0.365. The molecule has 25 heavy (non-hydrogen) atoms. The molecule has 1 aromatic carbocycles. The fourth-order valence-corrected chi connectivity index (χ4v) is 3.41. The van der Waals surface area contributed by atoms with Crippen molar-refractivity contribution in [3.63, 3.8) is 0 Å². The Morgan fingerprint density at radius 3 is 2.20 bits per heavy atom. The summed E-state index contributed by atoms with van der Waals surface area (Å²) in [6, 6.07) is 7.18. The largest absolute Gasteiger partial charge is 0.478 e. The predicted molar refractivity (Wildman–Crippen MR) is 110 cm³/mol. The van der Waals surface area contributed by atoms with Gasteiger partial charge >= 0.3 is 5.97 Å². The smallest absolute Gasteiger partial charge is 0.336 e. The van der Waals surface area contributed by atoms with E-state index in [9.17, 15) is 9.90 Å². The van der Waals surface area contributed by atoms with Crippen LogP contribution in [0.1, 0.15) is 63.7 Å². The lowest BCUT2D eigenvalue weighted by Crippen LogP contribution is -1.98. The van der Waals surface area contributed by atoms with Gasteiger partial charge in [-0.05, 0) is 65.5 Å². The Morgan fingerprint density at radius 2 is 1.56 bits per heavy atom. The van der Waals surface area contributed by atoms with Crippen LogP contribution in [0.5, 0.6) is 0 Å². The number of rotatable bonds is 10. The number of thioether (sulfide) groups is 1. The number of hydrogen-bond donors (Lipinski definition) is 1. The van der Waals surface area contributed by atoms with Crippen LogP contribution < -0.4 is 0 Å². The Hall–Kier alpha value is -1.74. The van der Waals surface area contributed by atoms with Crippen molar-refractivity contribution in [3.8, 4) is 0 Å². The molecule has 1 aromatic rings. The van der Waals surface area contributed by atoms with Gasteiger partial charge in [-0.25, -0.2) is 4.79 Å². The van der Waals surface area contributed by atoms with E-state index >= 15 is 0 Å². The van der Waals surface area contributed by atoms with Gasteiger partial charge in [-0.3, -0.25) is 0 Å². The molecule has 0 radical (unpaired) electrons. The molecule has 3 heteroatoms. The van der Waals surface area contributed by atoms with Crippen LogP contribution >= 0.6 is 11.8 Å². The standard InChI is InChI=1S/C22H30O2S/c1-17(2)9-7-10-18(3)11-8-12-19(4)15-16-25-21-14-6-5-13-20(21)22(23)24/h5-6,9,11,13-15H,7-8,10,12,16H2,1-4H3,(H,23,24)/b18-11?,19-15+. The lowest BCUT2D eigenvalue weighted by atomic mass is 10.1. The highest BCUT2D eigenvalue weighted by molar-refractivity contribution is 7.99. The third-order valence-corrected chi connectivity index (χ3v) is 4.91. The summed E-state index contributed by atoms with van der Waals surface area (Å²) in [6.07, 6.45) is 11.2. The molecule has 0 unspecified atom stereocenters. The summed E-state index contributed by atoms with van der Waals surface area (Å²) < 4.78 is 0. The number of allylic oxidation sites excluding steroid dienone is 5. The fraction of sp³-hybridized carbons (Fsp3) is 0.409. The monoisotopic (exact) mass is 358 g/mol. The molecule has 0 atom stereocenters. The van der Waals surface area contributed by atoms with Crippen LogP contribution in [0.3, 0.4) is 0 Å². The molecule has 1 rings (SSSR count). The van der Waals surface area contributed by atoms with Crippen molar-refractivity contribution >= 4 is 17.7 Å². The van der Waals surface area contributed by atoms with Gasteiger partial charge in [0, 0.05) is 10.6 Å². The number of carboxylic acids is 1. The number of hydrogen-bond acceptors (Lipinski definition) is 2. The molecule has 0 aromatic heterocycles. The number of aromatic carboxylic acids is 1. The maximum absolute atomic E-state index is 11.2. The summed E-state index contributed by atoms with van der Waals surface area (Å²) in [5.41, 5.74) is 4.57. The molecule has 0 amide bonds. The predicted octanol–water partition coefficient (Wildman–Crippen LogP) is 6.90. The highest BCUT2D eigenvalue weighted by atomic mass is 32.2. The second kappa shape index (κ2) is 11.8. The van der Waals surface area contributed by atoms with Crippen LogP contribution in [0.15, 0.2) is 64.1 Å². The fourth-order valence-electron chi connectivity index (χ4n) is 2.38. The van der Waals surface area contributed by atoms with E-state index in [1.54, 1.807) is 23.9 Å². The SMILES string of the molecule is CC(C)=CCCC(C)=CCC/C(C)=C/CSc1ccccc1C(=O)O. The van der Waals surface area contributed by atoms with Gasteiger partial charge in [-0.15, -0.1) is 11.8 Å². The zero-order valence-corrected chi connectivity index (χ0v) is 16.7. The summed E-state index contributed by atoms with van der Waals surface area (Å²) in [5.74, 6) is -0.0584. The van der Waals surface area contributed by atoms with Crippen molar-refractivity contribution in [1.29, 1.82) is 0 Å². The van der Waals surface area contributed by atoms with Gasteiger partial charge in [0.25, 0.3) is 0 Å². The molecule has 0 heterocycles. The van der Waals surface area contributed by atoms with Crippen LogP contribution in [0, 0.1) is 0 Å². The molecule has 0 aliphatic rings. The third-order valence-electron chi connectivity index (χ3n) is 3.91. The van der Waals surface area contributed by atoms with E-state index < -0.39 is 5.97 Å². The number of benzene rings is 1. The Kier molecular flexibility index (Phi) is 10.0. The van der Waals surface area contributed by atoms with E-state index in [1.807, 2.05) is 12.1 Å². The molecule has 0 saturated heterocycles. The Bertz CT molecular complexity index is 650. The molecule has 0 aliphatic carbocycles. The number of carboxylic acid groups (broad SMARTS) is 1. The van der Waals surface area contributed by atoms with E-state index in [0.29, 0.717) is 5.56 Å². The van der Waals surface area contributed by atoms with Gasteiger partial charge in [0.2, 0.25) is 0 Å². The second-order valence-electron chi connectivity index (χ2n) is 6.57. The maximum Gasteiger partial charge on any atom is 0.336 e. The van der Waals surface area contributed by atoms with E-state index in [4.69, 9.17) is 0 Å². The van der Waals surface area contributed by atoms with Crippen LogP contribution in [-0.2, 0) is 0 Å². The van der Waals surface area contributed by atoms with Crippen molar-refractivity contribution in [2.24, 2.45) is 0 Å². The molecule has 136 valence electrons. The highest BCUT2D eigenvalue weighted by Gasteiger charge is 2.08. The third kappa shape index (κ3) is 9.35. The molecule has 1 N–H and O–H groups in total. The highest BCUT2D eigenvalue weighted by Crippen LogP contribution is 2.23. The first-order valence-corrected chi connectivity index (χ1v) is 9.78. The van der Waals surface area contributed by atoms with Gasteiger partial charge in [0.15, 0.2) is 0 Å². The molecule has 0 saturated carbocycles. The lowest BCUT2D eigenvalue weighted by molar-refractivity contribution is 0.0693. The summed E-state index contributed by atoms with van der Waals surface area (Å²) in [4.78, 5) is 12.0. The zero-order chi connectivity index (χ0) is 18.7. The molecule has 0 bridgehead atoms. The van der Waals surface area contributed by atoms with Gasteiger partial charge in [0.05, 0.1) is 5.56 Å². The normalized spacial score (nSPS) is 12.2. The Labute approximate surface area is 156 Å². The van der Waals surface area contributed by atoms with E-state index in [2.05, 4.69) is 45.9 Å². The van der Waals surface area contributed by atoms with Crippen LogP contribution in [0.25, 0.3) is 0 Å². The first kappa shape index (κ1) is 21.3. The van der Waals surface area contributed by atoms with Crippen molar-refractivity contribution in [2.45, 2.75) is 58.3 Å². The molecular formula is C22H30O2S. The molecular weight excluding hydrogens is 328 g/mol. The summed E-state index contributed by atoms with van der Waals surface area (Å²) in [5, 5.41) is 9.20. The average molecular weight is 359 g/mol. The van der Waals surface area contributed by atoms with Crippen molar-refractivity contribution < 1.29 is 9.90 Å². The summed E-state index contributed by atoms with van der Waals surface area (Å²) >= 11 is 1.58. The summed E-state index contributed by atoms with van der Waals surface area (Å²) in [7, 11) is 0. The van der Waals surface area contributed by atoms with Crippen molar-refractivity contribution in [2.75, 3.05) is 5.75 Å². The van der Waals surface area contributed by atoms with Gasteiger partial charge < -0.3 is 5.11 Å². The minimum absolute atomic E-state index is 0.383. The van der Waals surface area contributed by atoms with Crippen molar-refractivity contribution in [1.82, 2.24) is 0 Å². The Balaban J connectivity index is 2.39. The van der Waals surface area contributed by atoms with E-state index in [0.717, 1.165) is 36.3 Å². The van der Waals surface area contributed by atoms with Crippen LogP contribution in [-0.4, -0.2) is 16.8 Å². The maximum atomic E-state index is 11.2. The molecule has 2 nitrogen and oxygen atoms in total. The van der Waals surface area contributed by atoms with Gasteiger partial charge in [-0.1, -0.05) is 47.1 Å². The van der Waals surface area contributed by atoms with E-state index in [1.165, 1.54) is 16.7 Å². The number of carbonyl (C=O) groups is 1. The minimum atomic E-state index is -0.863. The van der Waals surface area contributed by atoms with Gasteiger partial charge in [-0.2, -0.15) is 0 Å². The Morgan fingerprint density at radius 1 is 0.960 bits per heavy atom.